The van der Waals surface area contributed by atoms with Crippen molar-refractivity contribution < 1.29 is 9.18 Å². The summed E-state index contributed by atoms with van der Waals surface area (Å²) in [4.78, 5) is 14.2. The van der Waals surface area contributed by atoms with Crippen LogP contribution in [0.5, 0.6) is 0 Å². The molecule has 1 amide bonds. The maximum atomic E-state index is 13.2. The number of hydrogen-bond acceptors (Lipinski definition) is 1. The zero-order chi connectivity index (χ0) is 15.6. The number of carbonyl (C=O) groups excluding carboxylic acids is 1. The first kappa shape index (κ1) is 15.8. The molecule has 0 fully saturated rings. The van der Waals surface area contributed by atoms with E-state index < -0.39 is 0 Å². The molecule has 0 unspecified atom stereocenters. The van der Waals surface area contributed by atoms with Crippen molar-refractivity contribution in [2.45, 2.75) is 26.4 Å². The first-order valence-electron chi connectivity index (χ1n) is 6.75. The Morgan fingerprint density at radius 1 is 1.38 bits per heavy atom. The minimum atomic E-state index is -0.290. The van der Waals surface area contributed by atoms with E-state index in [0.717, 1.165) is 10.0 Å². The lowest BCUT2D eigenvalue weighted by Gasteiger charge is -2.20. The molecule has 0 spiro atoms. The van der Waals surface area contributed by atoms with Gasteiger partial charge in [0, 0.05) is 30.3 Å². The zero-order valence-electron chi connectivity index (χ0n) is 12.3. The van der Waals surface area contributed by atoms with E-state index in [1.54, 1.807) is 18.0 Å². The maximum absolute atomic E-state index is 13.2. The Bertz CT molecular complexity index is 651. The molecule has 0 saturated carbocycles. The molecule has 0 aliphatic heterocycles. The molecule has 1 aromatic carbocycles. The third kappa shape index (κ3) is 3.73. The highest BCUT2D eigenvalue weighted by Crippen LogP contribution is 2.21. The molecule has 0 aliphatic rings. The van der Waals surface area contributed by atoms with Gasteiger partial charge in [-0.2, -0.15) is 0 Å². The first-order chi connectivity index (χ1) is 9.88. The average Bonchev–Trinajstić information content (AvgIpc) is 2.80. The molecule has 21 heavy (non-hydrogen) atoms. The fourth-order valence-electron chi connectivity index (χ4n) is 2.22. The predicted molar refractivity (Wildman–Crippen MR) is 84.7 cm³/mol. The molecule has 0 aliphatic carbocycles. The quantitative estimate of drug-likeness (QED) is 0.807. The Morgan fingerprint density at radius 3 is 2.71 bits per heavy atom. The molecule has 3 nitrogen and oxygen atoms in total. The van der Waals surface area contributed by atoms with Crippen molar-refractivity contribution in [1.82, 2.24) is 9.47 Å². The van der Waals surface area contributed by atoms with Gasteiger partial charge >= 0.3 is 0 Å². The maximum Gasteiger partial charge on any atom is 0.270 e. The molecule has 0 radical (unpaired) electrons. The number of amides is 1. The highest BCUT2D eigenvalue weighted by Gasteiger charge is 2.18. The van der Waals surface area contributed by atoms with Gasteiger partial charge in [-0.05, 0) is 53.5 Å². The van der Waals surface area contributed by atoms with Gasteiger partial charge in [0.2, 0.25) is 0 Å². The van der Waals surface area contributed by atoms with Crippen molar-refractivity contribution in [3.8, 4) is 0 Å². The van der Waals surface area contributed by atoms with Gasteiger partial charge in [0.05, 0.1) is 0 Å². The number of benzene rings is 1. The molecule has 2 aromatic rings. The van der Waals surface area contributed by atoms with Crippen LogP contribution in [0.2, 0.25) is 0 Å². The van der Waals surface area contributed by atoms with Crippen LogP contribution >= 0.6 is 15.9 Å². The van der Waals surface area contributed by atoms with Crippen LogP contribution < -0.4 is 0 Å². The van der Waals surface area contributed by atoms with Crippen LogP contribution in [0, 0.1) is 5.82 Å². The Balaban J connectivity index is 2.20. The van der Waals surface area contributed by atoms with Gasteiger partial charge in [-0.15, -0.1) is 0 Å². The number of carbonyl (C=O) groups is 1. The lowest BCUT2D eigenvalue weighted by Crippen LogP contribution is -2.28. The summed E-state index contributed by atoms with van der Waals surface area (Å²) < 4.78 is 16.0. The topological polar surface area (TPSA) is 25.2 Å². The van der Waals surface area contributed by atoms with Crippen LogP contribution in [0.1, 0.15) is 35.9 Å². The van der Waals surface area contributed by atoms with Crippen LogP contribution in [-0.4, -0.2) is 22.4 Å². The number of hydrogen-bond donors (Lipinski definition) is 0. The van der Waals surface area contributed by atoms with Crippen molar-refractivity contribution in [2.75, 3.05) is 7.05 Å². The Labute approximate surface area is 132 Å². The predicted octanol–water partition coefficient (Wildman–Crippen LogP) is 4.24. The van der Waals surface area contributed by atoms with Gasteiger partial charge in [-0.3, -0.25) is 4.79 Å². The zero-order valence-corrected chi connectivity index (χ0v) is 13.9. The monoisotopic (exact) mass is 352 g/mol. The van der Waals surface area contributed by atoms with Crippen LogP contribution in [0.4, 0.5) is 4.39 Å². The molecule has 5 heteroatoms. The summed E-state index contributed by atoms with van der Waals surface area (Å²) >= 11 is 3.40. The van der Waals surface area contributed by atoms with E-state index in [1.807, 2.05) is 36.7 Å². The van der Waals surface area contributed by atoms with Gasteiger partial charge in [0.1, 0.15) is 11.5 Å². The molecule has 112 valence electrons. The van der Waals surface area contributed by atoms with Crippen molar-refractivity contribution in [2.24, 2.45) is 0 Å². The van der Waals surface area contributed by atoms with Crippen molar-refractivity contribution >= 4 is 21.8 Å². The van der Waals surface area contributed by atoms with E-state index in [4.69, 9.17) is 0 Å². The van der Waals surface area contributed by atoms with Gasteiger partial charge < -0.3 is 9.47 Å². The fraction of sp³-hybridized carbons (Fsp3) is 0.312. The van der Waals surface area contributed by atoms with E-state index in [0.29, 0.717) is 12.2 Å². The second kappa shape index (κ2) is 6.43. The Morgan fingerprint density at radius 2 is 2.10 bits per heavy atom. The van der Waals surface area contributed by atoms with Gasteiger partial charge in [-0.25, -0.2) is 4.39 Å². The van der Waals surface area contributed by atoms with E-state index in [-0.39, 0.29) is 17.8 Å². The van der Waals surface area contributed by atoms with Gasteiger partial charge in [0.25, 0.3) is 5.91 Å². The van der Waals surface area contributed by atoms with Crippen molar-refractivity contribution in [3.63, 3.8) is 0 Å². The molecule has 1 heterocycles. The summed E-state index contributed by atoms with van der Waals surface area (Å²) in [5.41, 5.74) is 1.39. The molecule has 0 atom stereocenters. The fourth-order valence-corrected chi connectivity index (χ4v) is 2.66. The summed E-state index contributed by atoms with van der Waals surface area (Å²) in [6, 6.07) is 8.30. The van der Waals surface area contributed by atoms with Gasteiger partial charge in [0.15, 0.2) is 0 Å². The second-order valence-corrected chi connectivity index (χ2v) is 6.25. The first-order valence-corrected chi connectivity index (χ1v) is 7.55. The summed E-state index contributed by atoms with van der Waals surface area (Å²) in [6.07, 6.45) is 1.90. The normalized spacial score (nSPS) is 11.0. The highest BCUT2D eigenvalue weighted by molar-refractivity contribution is 9.10. The lowest BCUT2D eigenvalue weighted by atomic mass is 10.2. The van der Waals surface area contributed by atoms with E-state index in [2.05, 4.69) is 15.9 Å². The lowest BCUT2D eigenvalue weighted by molar-refractivity contribution is 0.0772. The van der Waals surface area contributed by atoms with Crippen molar-refractivity contribution in [1.29, 1.82) is 0 Å². The number of halogens is 2. The summed E-state index contributed by atoms with van der Waals surface area (Å²) in [5, 5.41) is 0. The summed E-state index contributed by atoms with van der Waals surface area (Å²) in [5.74, 6) is -0.375. The molecule has 0 bridgehead atoms. The van der Waals surface area contributed by atoms with E-state index in [1.165, 1.54) is 12.1 Å². The van der Waals surface area contributed by atoms with E-state index in [9.17, 15) is 9.18 Å². The standard InChI is InChI=1S/C16H18BrFN2O/c1-11(2)20-10-13(17)8-15(20)16(21)19(3)9-12-5-4-6-14(18)7-12/h4-8,10-11H,9H2,1-3H3. The number of aromatic nitrogens is 1. The molecular formula is C16H18BrFN2O. The minimum absolute atomic E-state index is 0.0846. The number of nitrogens with zero attached hydrogens (tertiary/aromatic N) is 2. The van der Waals surface area contributed by atoms with Crippen LogP contribution in [0.15, 0.2) is 41.0 Å². The molecule has 2 rings (SSSR count). The Kier molecular flexibility index (Phi) is 4.83. The molecule has 0 N–H and O–H groups in total. The molecule has 1 aromatic heterocycles. The highest BCUT2D eigenvalue weighted by atomic mass is 79.9. The third-order valence-corrected chi connectivity index (χ3v) is 3.68. The second-order valence-electron chi connectivity index (χ2n) is 5.34. The number of rotatable bonds is 4. The Hall–Kier alpha value is -1.62. The van der Waals surface area contributed by atoms with E-state index >= 15 is 0 Å². The SMILES string of the molecule is CC(C)n1cc(Br)cc1C(=O)N(C)Cc1cccc(F)c1. The smallest absolute Gasteiger partial charge is 0.270 e. The largest absolute Gasteiger partial charge is 0.340 e. The summed E-state index contributed by atoms with van der Waals surface area (Å²) in [7, 11) is 1.72. The summed E-state index contributed by atoms with van der Waals surface area (Å²) in [6.45, 7) is 4.42. The van der Waals surface area contributed by atoms with Crippen molar-refractivity contribution in [3.05, 3.63) is 58.1 Å². The average molecular weight is 353 g/mol. The van der Waals surface area contributed by atoms with Crippen LogP contribution in [0.3, 0.4) is 0 Å². The molecular weight excluding hydrogens is 335 g/mol. The van der Waals surface area contributed by atoms with Gasteiger partial charge in [-0.1, -0.05) is 12.1 Å². The van der Waals surface area contributed by atoms with Crippen LogP contribution in [0.25, 0.3) is 0 Å². The third-order valence-electron chi connectivity index (χ3n) is 3.25. The van der Waals surface area contributed by atoms with Crippen LogP contribution in [-0.2, 0) is 6.54 Å². The minimum Gasteiger partial charge on any atom is -0.340 e. The molecule has 0 saturated heterocycles.